The van der Waals surface area contributed by atoms with Gasteiger partial charge in [0, 0.05) is 5.69 Å². The Kier molecular flexibility index (Phi) is 4.86. The van der Waals surface area contributed by atoms with Gasteiger partial charge in [-0.15, -0.1) is 0 Å². The number of nitrogens with zero attached hydrogens (tertiary/aromatic N) is 1. The maximum Gasteiger partial charge on any atom is 0.238 e. The molecule has 2 aromatic rings. The number of piperidine rings is 1. The molecule has 1 aliphatic rings. The van der Waals surface area contributed by atoms with Gasteiger partial charge in [-0.1, -0.05) is 48.9 Å². The van der Waals surface area contributed by atoms with Crippen molar-refractivity contribution >= 4 is 11.6 Å². The standard InChI is InChI=1S/C19H22N2O/c22-19(15-21-12-5-2-6-13-21)20-18-11-7-10-17(14-18)16-8-3-1-4-9-16/h1,3-4,7-11,14H,2,5-6,12-13,15H2,(H,20,22). The van der Waals surface area contributed by atoms with E-state index in [-0.39, 0.29) is 5.91 Å². The molecule has 0 spiro atoms. The third-order valence-electron chi connectivity index (χ3n) is 4.07. The van der Waals surface area contributed by atoms with Crippen LogP contribution in [0.1, 0.15) is 19.3 Å². The van der Waals surface area contributed by atoms with E-state index >= 15 is 0 Å². The maximum atomic E-state index is 12.2. The maximum absolute atomic E-state index is 12.2. The molecule has 114 valence electrons. The van der Waals surface area contributed by atoms with Crippen LogP contribution in [0.15, 0.2) is 54.6 Å². The van der Waals surface area contributed by atoms with Crippen molar-refractivity contribution in [2.24, 2.45) is 0 Å². The molecule has 0 aliphatic carbocycles. The fourth-order valence-electron chi connectivity index (χ4n) is 2.93. The van der Waals surface area contributed by atoms with E-state index in [0.717, 1.165) is 29.9 Å². The molecule has 1 saturated heterocycles. The van der Waals surface area contributed by atoms with Gasteiger partial charge in [0.05, 0.1) is 6.54 Å². The van der Waals surface area contributed by atoms with Gasteiger partial charge in [-0.2, -0.15) is 0 Å². The number of amides is 1. The molecule has 1 aliphatic heterocycles. The second kappa shape index (κ2) is 7.23. The third-order valence-corrected chi connectivity index (χ3v) is 4.07. The Balaban J connectivity index is 1.64. The van der Waals surface area contributed by atoms with E-state index in [9.17, 15) is 4.79 Å². The summed E-state index contributed by atoms with van der Waals surface area (Å²) in [6, 6.07) is 18.2. The van der Waals surface area contributed by atoms with Crippen LogP contribution in [0.5, 0.6) is 0 Å². The highest BCUT2D eigenvalue weighted by Gasteiger charge is 2.13. The molecule has 1 heterocycles. The van der Waals surface area contributed by atoms with Crippen LogP contribution in [0, 0.1) is 0 Å². The predicted octanol–water partition coefficient (Wildman–Crippen LogP) is 3.78. The van der Waals surface area contributed by atoms with Gasteiger partial charge >= 0.3 is 0 Å². The number of carbonyl (C=O) groups is 1. The van der Waals surface area contributed by atoms with Crippen LogP contribution >= 0.6 is 0 Å². The summed E-state index contributed by atoms with van der Waals surface area (Å²) in [5.41, 5.74) is 3.15. The molecule has 0 bridgehead atoms. The molecule has 0 unspecified atom stereocenters. The molecule has 3 nitrogen and oxygen atoms in total. The summed E-state index contributed by atoms with van der Waals surface area (Å²) in [6.45, 7) is 2.57. The van der Waals surface area contributed by atoms with Crippen LogP contribution < -0.4 is 5.32 Å². The zero-order valence-corrected chi connectivity index (χ0v) is 12.8. The Labute approximate surface area is 132 Å². The van der Waals surface area contributed by atoms with E-state index in [1.807, 2.05) is 36.4 Å². The lowest BCUT2D eigenvalue weighted by Gasteiger charge is -2.25. The molecule has 1 fully saturated rings. The molecule has 0 saturated carbocycles. The molecule has 0 atom stereocenters. The van der Waals surface area contributed by atoms with Crippen molar-refractivity contribution in [3.63, 3.8) is 0 Å². The van der Waals surface area contributed by atoms with Crippen LogP contribution in [-0.2, 0) is 4.79 Å². The minimum Gasteiger partial charge on any atom is -0.325 e. The van der Waals surface area contributed by atoms with Gasteiger partial charge in [-0.05, 0) is 49.2 Å². The van der Waals surface area contributed by atoms with Gasteiger partial charge in [-0.3, -0.25) is 9.69 Å². The zero-order chi connectivity index (χ0) is 15.2. The Bertz CT molecular complexity index is 618. The van der Waals surface area contributed by atoms with Gasteiger partial charge in [0.2, 0.25) is 5.91 Å². The van der Waals surface area contributed by atoms with E-state index in [2.05, 4.69) is 28.4 Å². The Hall–Kier alpha value is -2.13. The van der Waals surface area contributed by atoms with Gasteiger partial charge in [0.15, 0.2) is 0 Å². The number of rotatable bonds is 4. The molecular formula is C19H22N2O. The molecule has 1 N–H and O–H groups in total. The van der Waals surface area contributed by atoms with Crippen LogP contribution in [0.4, 0.5) is 5.69 Å². The van der Waals surface area contributed by atoms with Crippen molar-refractivity contribution in [1.82, 2.24) is 4.90 Å². The van der Waals surface area contributed by atoms with E-state index in [4.69, 9.17) is 0 Å². The minimum atomic E-state index is 0.0760. The van der Waals surface area contributed by atoms with Gasteiger partial charge in [-0.25, -0.2) is 0 Å². The van der Waals surface area contributed by atoms with E-state index < -0.39 is 0 Å². The van der Waals surface area contributed by atoms with E-state index in [1.165, 1.54) is 19.3 Å². The molecule has 1 amide bonds. The lowest BCUT2D eigenvalue weighted by atomic mass is 10.1. The number of hydrogen-bond acceptors (Lipinski definition) is 2. The summed E-state index contributed by atoms with van der Waals surface area (Å²) in [4.78, 5) is 14.4. The molecular weight excluding hydrogens is 272 g/mol. The summed E-state index contributed by atoms with van der Waals surface area (Å²) >= 11 is 0. The van der Waals surface area contributed by atoms with Gasteiger partial charge in [0.1, 0.15) is 0 Å². The number of nitrogens with one attached hydrogen (secondary N) is 1. The Morgan fingerprint density at radius 2 is 1.64 bits per heavy atom. The van der Waals surface area contributed by atoms with Crippen LogP contribution in [-0.4, -0.2) is 30.4 Å². The fraction of sp³-hybridized carbons (Fsp3) is 0.316. The summed E-state index contributed by atoms with van der Waals surface area (Å²) in [6.07, 6.45) is 3.70. The second-order valence-corrected chi connectivity index (χ2v) is 5.83. The highest BCUT2D eigenvalue weighted by Crippen LogP contribution is 2.22. The molecule has 0 radical (unpaired) electrons. The van der Waals surface area contributed by atoms with Gasteiger partial charge in [0.25, 0.3) is 0 Å². The number of likely N-dealkylation sites (tertiary alicyclic amines) is 1. The van der Waals surface area contributed by atoms with Crippen molar-refractivity contribution in [1.29, 1.82) is 0 Å². The monoisotopic (exact) mass is 294 g/mol. The number of hydrogen-bond donors (Lipinski definition) is 1. The first-order valence-electron chi connectivity index (χ1n) is 7.99. The van der Waals surface area contributed by atoms with Crippen molar-refractivity contribution in [3.05, 3.63) is 54.6 Å². The van der Waals surface area contributed by atoms with Crippen molar-refractivity contribution in [3.8, 4) is 11.1 Å². The fourth-order valence-corrected chi connectivity index (χ4v) is 2.93. The van der Waals surface area contributed by atoms with E-state index in [0.29, 0.717) is 6.54 Å². The minimum absolute atomic E-state index is 0.0760. The summed E-state index contributed by atoms with van der Waals surface area (Å²) in [7, 11) is 0. The SMILES string of the molecule is O=C(CN1CCCCC1)Nc1cccc(-c2ccccc2)c1. The molecule has 22 heavy (non-hydrogen) atoms. The smallest absolute Gasteiger partial charge is 0.238 e. The Morgan fingerprint density at radius 1 is 0.909 bits per heavy atom. The van der Waals surface area contributed by atoms with Crippen molar-refractivity contribution in [2.75, 3.05) is 25.0 Å². The van der Waals surface area contributed by atoms with Crippen LogP contribution in [0.25, 0.3) is 11.1 Å². The predicted molar refractivity (Wildman–Crippen MR) is 90.8 cm³/mol. The second-order valence-electron chi connectivity index (χ2n) is 5.83. The highest BCUT2D eigenvalue weighted by molar-refractivity contribution is 5.93. The molecule has 0 aromatic heterocycles. The molecule has 2 aromatic carbocycles. The first-order chi connectivity index (χ1) is 10.8. The largest absolute Gasteiger partial charge is 0.325 e. The topological polar surface area (TPSA) is 32.3 Å². The first-order valence-corrected chi connectivity index (χ1v) is 7.99. The lowest BCUT2D eigenvalue weighted by Crippen LogP contribution is -2.36. The molecule has 3 rings (SSSR count). The quantitative estimate of drug-likeness (QED) is 0.930. The van der Waals surface area contributed by atoms with Crippen molar-refractivity contribution < 1.29 is 4.79 Å². The average molecular weight is 294 g/mol. The summed E-state index contributed by atoms with van der Waals surface area (Å²) in [5.74, 6) is 0.0760. The summed E-state index contributed by atoms with van der Waals surface area (Å²) < 4.78 is 0. The lowest BCUT2D eigenvalue weighted by molar-refractivity contribution is -0.117. The first kappa shape index (κ1) is 14.8. The number of carbonyl (C=O) groups excluding carboxylic acids is 1. The van der Waals surface area contributed by atoms with Crippen LogP contribution in [0.2, 0.25) is 0 Å². The van der Waals surface area contributed by atoms with Crippen molar-refractivity contribution in [2.45, 2.75) is 19.3 Å². The number of benzene rings is 2. The average Bonchev–Trinajstić information content (AvgIpc) is 2.57. The zero-order valence-electron chi connectivity index (χ0n) is 12.8. The Morgan fingerprint density at radius 3 is 2.41 bits per heavy atom. The highest BCUT2D eigenvalue weighted by atomic mass is 16.2. The van der Waals surface area contributed by atoms with E-state index in [1.54, 1.807) is 0 Å². The number of anilines is 1. The molecule has 3 heteroatoms. The summed E-state index contributed by atoms with van der Waals surface area (Å²) in [5, 5.41) is 3.02. The van der Waals surface area contributed by atoms with Gasteiger partial charge < -0.3 is 5.32 Å². The third kappa shape index (κ3) is 3.95. The van der Waals surface area contributed by atoms with Crippen LogP contribution in [0.3, 0.4) is 0 Å². The normalized spacial score (nSPS) is 15.5.